The van der Waals surface area contributed by atoms with E-state index in [0.29, 0.717) is 22.7 Å². The summed E-state index contributed by atoms with van der Waals surface area (Å²) in [5.41, 5.74) is 0.928. The Morgan fingerprint density at radius 3 is 2.61 bits per heavy atom. The third kappa shape index (κ3) is 2.95. The van der Waals surface area contributed by atoms with Gasteiger partial charge in [0.2, 0.25) is 5.75 Å². The molecule has 2 aliphatic rings. The van der Waals surface area contributed by atoms with Crippen molar-refractivity contribution in [3.63, 3.8) is 0 Å². The summed E-state index contributed by atoms with van der Waals surface area (Å²) in [5.74, 6) is -0.533. The lowest BCUT2D eigenvalue weighted by Crippen LogP contribution is -2.40. The third-order valence-electron chi connectivity index (χ3n) is 7.16. The number of nitro groups is 1. The second-order valence-corrected chi connectivity index (χ2v) is 9.32. The zero-order valence-corrected chi connectivity index (χ0v) is 18.5. The van der Waals surface area contributed by atoms with Gasteiger partial charge in [0, 0.05) is 23.1 Å². The van der Waals surface area contributed by atoms with Crippen LogP contribution in [0.5, 0.6) is 11.5 Å². The summed E-state index contributed by atoms with van der Waals surface area (Å²) in [6.07, 6.45) is 3.61. The molecular weight excluding hydrogens is 446 g/mol. The van der Waals surface area contributed by atoms with Gasteiger partial charge in [-0.3, -0.25) is 10.1 Å². The van der Waals surface area contributed by atoms with E-state index in [1.54, 1.807) is 5.38 Å². The van der Waals surface area contributed by atoms with E-state index in [1.807, 2.05) is 0 Å². The van der Waals surface area contributed by atoms with Crippen LogP contribution in [-0.4, -0.2) is 26.2 Å². The number of hydrogen-bond acceptors (Lipinski definition) is 7. The van der Waals surface area contributed by atoms with Crippen LogP contribution in [-0.2, 0) is 0 Å². The molecule has 28 heavy (non-hydrogen) atoms. The number of anilines is 1. The SMILES string of the molecule is Br.CC1(C)C2CCC1(C)C(Nc1nc(-c3cc(O)c(O)c([N+](=O)[O-])c3)cs1)C2. The number of phenolic OH excluding ortho intramolecular Hbond substituents is 2. The van der Waals surface area contributed by atoms with Crippen LogP contribution in [0.2, 0.25) is 0 Å². The van der Waals surface area contributed by atoms with E-state index in [9.17, 15) is 20.3 Å². The van der Waals surface area contributed by atoms with Crippen molar-refractivity contribution in [1.29, 1.82) is 0 Å². The van der Waals surface area contributed by atoms with E-state index in [-0.39, 0.29) is 22.4 Å². The fourth-order valence-corrected chi connectivity index (χ4v) is 5.71. The molecule has 3 atom stereocenters. The predicted molar refractivity (Wildman–Crippen MR) is 114 cm³/mol. The normalized spacial score (nSPS) is 27.4. The zero-order valence-electron chi connectivity index (χ0n) is 15.9. The van der Waals surface area contributed by atoms with Crippen LogP contribution in [0.3, 0.4) is 0 Å². The van der Waals surface area contributed by atoms with Gasteiger partial charge in [-0.2, -0.15) is 0 Å². The van der Waals surface area contributed by atoms with Gasteiger partial charge in [-0.05, 0) is 42.1 Å². The number of nitro benzene ring substituents is 1. The van der Waals surface area contributed by atoms with E-state index >= 15 is 0 Å². The fraction of sp³-hybridized carbons (Fsp3) is 0.526. The zero-order chi connectivity index (χ0) is 19.6. The highest BCUT2D eigenvalue weighted by Gasteiger charge is 2.61. The molecule has 2 fully saturated rings. The highest BCUT2D eigenvalue weighted by atomic mass is 79.9. The minimum Gasteiger partial charge on any atom is -0.504 e. The molecule has 1 aromatic carbocycles. The molecule has 7 nitrogen and oxygen atoms in total. The number of fused-ring (bicyclic) bond motifs is 2. The molecular formula is C19H24BrN3O4S. The molecule has 2 bridgehead atoms. The summed E-state index contributed by atoms with van der Waals surface area (Å²) in [5, 5.41) is 36.7. The van der Waals surface area contributed by atoms with Crippen molar-refractivity contribution in [2.45, 2.75) is 46.1 Å². The van der Waals surface area contributed by atoms with Crippen molar-refractivity contribution in [2.75, 3.05) is 5.32 Å². The van der Waals surface area contributed by atoms with Crippen LogP contribution in [0.25, 0.3) is 11.3 Å². The first-order chi connectivity index (χ1) is 12.6. The molecule has 0 radical (unpaired) electrons. The van der Waals surface area contributed by atoms with Crippen LogP contribution >= 0.6 is 28.3 Å². The van der Waals surface area contributed by atoms with Crippen LogP contribution < -0.4 is 5.32 Å². The predicted octanol–water partition coefficient (Wildman–Crippen LogP) is 5.33. The molecule has 9 heteroatoms. The van der Waals surface area contributed by atoms with E-state index in [2.05, 4.69) is 31.1 Å². The number of aromatic hydroxyl groups is 2. The van der Waals surface area contributed by atoms with Gasteiger partial charge in [-0.15, -0.1) is 28.3 Å². The Balaban J connectivity index is 0.00000225. The number of halogens is 1. The highest BCUT2D eigenvalue weighted by molar-refractivity contribution is 8.93. The first-order valence-corrected chi connectivity index (χ1v) is 9.94. The van der Waals surface area contributed by atoms with Gasteiger partial charge in [0.25, 0.3) is 0 Å². The van der Waals surface area contributed by atoms with Gasteiger partial charge in [0.05, 0.1) is 10.6 Å². The summed E-state index contributed by atoms with van der Waals surface area (Å²) in [4.78, 5) is 14.9. The molecule has 0 spiro atoms. The second-order valence-electron chi connectivity index (χ2n) is 8.47. The summed E-state index contributed by atoms with van der Waals surface area (Å²) in [7, 11) is 0. The van der Waals surface area contributed by atoms with Crippen LogP contribution in [0.4, 0.5) is 10.8 Å². The van der Waals surface area contributed by atoms with Crippen molar-refractivity contribution < 1.29 is 15.1 Å². The Morgan fingerprint density at radius 1 is 1.32 bits per heavy atom. The minimum atomic E-state index is -0.727. The Morgan fingerprint density at radius 2 is 2.04 bits per heavy atom. The van der Waals surface area contributed by atoms with Gasteiger partial charge in [-0.1, -0.05) is 20.8 Å². The second kappa shape index (κ2) is 6.88. The highest BCUT2D eigenvalue weighted by Crippen LogP contribution is 2.65. The maximum atomic E-state index is 11.1. The van der Waals surface area contributed by atoms with E-state index in [4.69, 9.17) is 0 Å². The van der Waals surface area contributed by atoms with E-state index in [1.165, 1.54) is 36.3 Å². The van der Waals surface area contributed by atoms with Gasteiger partial charge < -0.3 is 15.5 Å². The maximum Gasteiger partial charge on any atom is 0.315 e. The van der Waals surface area contributed by atoms with Crippen molar-refractivity contribution in [3.05, 3.63) is 27.6 Å². The minimum absolute atomic E-state index is 0. The van der Waals surface area contributed by atoms with Gasteiger partial charge in [-0.25, -0.2) is 4.98 Å². The third-order valence-corrected chi connectivity index (χ3v) is 7.93. The van der Waals surface area contributed by atoms with Crippen LogP contribution in [0.1, 0.15) is 40.0 Å². The molecule has 0 amide bonds. The molecule has 0 aliphatic heterocycles. The standard InChI is InChI=1S/C19H23N3O4S.BrH/c1-18(2)11-4-5-19(18,3)15(8-11)21-17-20-12(9-27-17)10-6-13(22(25)26)16(24)14(23)7-10;/h6-7,9,11,15,23-24H,4-5,8H2,1-3H3,(H,20,21);1H. The number of rotatable bonds is 4. The largest absolute Gasteiger partial charge is 0.504 e. The van der Waals surface area contributed by atoms with E-state index in [0.717, 1.165) is 17.5 Å². The number of benzene rings is 1. The Bertz CT molecular complexity index is 932. The summed E-state index contributed by atoms with van der Waals surface area (Å²) in [6.45, 7) is 7.07. The number of phenols is 2. The molecule has 3 N–H and O–H groups in total. The average Bonchev–Trinajstić information content (AvgIpc) is 3.20. The van der Waals surface area contributed by atoms with Gasteiger partial charge >= 0.3 is 5.69 Å². The fourth-order valence-electron chi connectivity index (χ4n) is 4.93. The molecule has 2 aliphatic carbocycles. The maximum absolute atomic E-state index is 11.1. The summed E-state index contributed by atoms with van der Waals surface area (Å²) < 4.78 is 0. The first kappa shape index (κ1) is 20.9. The number of nitrogens with one attached hydrogen (secondary N) is 1. The lowest BCUT2D eigenvalue weighted by molar-refractivity contribution is -0.385. The Hall–Kier alpha value is -1.87. The molecule has 0 saturated heterocycles. The molecule has 2 aromatic rings. The summed E-state index contributed by atoms with van der Waals surface area (Å²) >= 11 is 1.45. The molecule has 1 heterocycles. The smallest absolute Gasteiger partial charge is 0.315 e. The first-order valence-electron chi connectivity index (χ1n) is 9.06. The molecule has 3 unspecified atom stereocenters. The van der Waals surface area contributed by atoms with Crippen molar-refractivity contribution in [3.8, 4) is 22.8 Å². The topological polar surface area (TPSA) is 109 Å². The number of thiazole rings is 1. The van der Waals surface area contributed by atoms with Crippen molar-refractivity contribution in [2.24, 2.45) is 16.7 Å². The van der Waals surface area contributed by atoms with Gasteiger partial charge in [0.1, 0.15) is 0 Å². The van der Waals surface area contributed by atoms with Gasteiger partial charge in [0.15, 0.2) is 10.9 Å². The Labute approximate surface area is 177 Å². The lowest BCUT2D eigenvalue weighted by atomic mass is 9.69. The number of nitrogens with zero attached hydrogens (tertiary/aromatic N) is 2. The van der Waals surface area contributed by atoms with Crippen LogP contribution in [0, 0.1) is 26.9 Å². The average molecular weight is 470 g/mol. The molecule has 1 aromatic heterocycles. The summed E-state index contributed by atoms with van der Waals surface area (Å²) in [6, 6.07) is 2.88. The number of aromatic nitrogens is 1. The monoisotopic (exact) mass is 469 g/mol. The molecule has 152 valence electrons. The quantitative estimate of drug-likeness (QED) is 0.317. The molecule has 2 saturated carbocycles. The molecule has 4 rings (SSSR count). The van der Waals surface area contributed by atoms with Crippen LogP contribution in [0.15, 0.2) is 17.5 Å². The lowest BCUT2D eigenvalue weighted by Gasteiger charge is -2.39. The van der Waals surface area contributed by atoms with Crippen molar-refractivity contribution >= 4 is 39.1 Å². The number of hydrogen-bond donors (Lipinski definition) is 3. The van der Waals surface area contributed by atoms with Crippen molar-refractivity contribution in [1.82, 2.24) is 4.98 Å². The Kier molecular flexibility index (Phi) is 5.12. The van der Waals surface area contributed by atoms with E-state index < -0.39 is 22.1 Å².